The fourth-order valence-corrected chi connectivity index (χ4v) is 5.87. The van der Waals surface area contributed by atoms with Gasteiger partial charge in [-0.05, 0) is 68.4 Å². The van der Waals surface area contributed by atoms with Gasteiger partial charge in [0.2, 0.25) is 5.91 Å². The third-order valence-corrected chi connectivity index (χ3v) is 8.16. The molecule has 0 bridgehead atoms. The van der Waals surface area contributed by atoms with E-state index in [0.29, 0.717) is 57.3 Å². The highest BCUT2D eigenvalue weighted by atomic mass is 19.4. The number of alkyl halides is 6. The number of rotatable bonds is 6. The van der Waals surface area contributed by atoms with E-state index in [9.17, 15) is 35.9 Å². The minimum absolute atomic E-state index is 0.0200. The molecule has 1 saturated heterocycles. The molecule has 2 aromatic carbocycles. The topological polar surface area (TPSA) is 55.8 Å². The van der Waals surface area contributed by atoms with Gasteiger partial charge < -0.3 is 14.4 Å². The lowest BCUT2D eigenvalue weighted by Crippen LogP contribution is -2.48. The van der Waals surface area contributed by atoms with Crippen LogP contribution in [0.2, 0.25) is 0 Å². The third-order valence-electron chi connectivity index (χ3n) is 8.16. The van der Waals surface area contributed by atoms with E-state index in [1.165, 1.54) is 14.0 Å². The van der Waals surface area contributed by atoms with Crippen LogP contribution in [0.25, 0.3) is 0 Å². The summed E-state index contributed by atoms with van der Waals surface area (Å²) in [5.74, 6) is -1.07. The van der Waals surface area contributed by atoms with Crippen molar-refractivity contribution < 1.29 is 45.4 Å². The zero-order valence-corrected chi connectivity index (χ0v) is 22.8. The number of amides is 1. The molecule has 2 aliphatic rings. The van der Waals surface area contributed by atoms with Gasteiger partial charge in [0.05, 0.1) is 36.4 Å². The molecule has 0 unspecified atom stereocenters. The Bertz CT molecular complexity index is 1180. The fraction of sp³-hybridized carbons (Fsp3) is 0.533. The van der Waals surface area contributed by atoms with Crippen LogP contribution in [0, 0.1) is 11.8 Å². The van der Waals surface area contributed by atoms with Crippen molar-refractivity contribution in [2.75, 3.05) is 20.2 Å². The second-order valence-corrected chi connectivity index (χ2v) is 10.8. The molecule has 3 atom stereocenters. The Morgan fingerprint density at radius 2 is 1.41 bits per heavy atom. The van der Waals surface area contributed by atoms with Crippen molar-refractivity contribution in [3.63, 3.8) is 0 Å². The fourth-order valence-electron chi connectivity index (χ4n) is 5.87. The molecule has 1 aliphatic heterocycles. The lowest BCUT2D eigenvalue weighted by atomic mass is 9.80. The van der Waals surface area contributed by atoms with Crippen LogP contribution in [0.15, 0.2) is 48.5 Å². The van der Waals surface area contributed by atoms with Gasteiger partial charge in [-0.25, -0.2) is 0 Å². The number of likely N-dealkylation sites (tertiary alicyclic amines) is 1. The predicted octanol–water partition coefficient (Wildman–Crippen LogP) is 7.17. The van der Waals surface area contributed by atoms with E-state index >= 15 is 0 Å². The number of nitrogens with zero attached hydrogens (tertiary/aromatic N) is 1. The first-order chi connectivity index (χ1) is 19.3. The Morgan fingerprint density at radius 1 is 0.854 bits per heavy atom. The number of carbonyl (C=O) groups is 2. The standard InChI is InChI=1S/C30H33F6NO4/c1-18(22-14-23(29(31,32)33)16-24(15-22)30(34,35)36)41-26-12-13-37(17-25(26)19-6-4-3-5-7-19)27(38)20-8-10-21(11-9-20)28(39)40-2/h3-7,14-16,18,20-21,25-26H,8-13,17H2,1-2H3/t18-,20-,21-,25+,26+/m1/s1. The van der Waals surface area contributed by atoms with Crippen LogP contribution in [0.5, 0.6) is 0 Å². The number of methoxy groups -OCH3 is 1. The average Bonchev–Trinajstić information content (AvgIpc) is 2.96. The van der Waals surface area contributed by atoms with E-state index < -0.39 is 35.7 Å². The molecule has 1 amide bonds. The SMILES string of the molecule is COC(=O)[C@H]1CC[C@H](C(=O)N2CC[C@H](O[C@H](C)c3cc(C(F)(F)F)cc(C(F)(F)F)c3)[C@H](c3ccccc3)C2)CC1. The summed E-state index contributed by atoms with van der Waals surface area (Å²) in [5, 5.41) is 0. The molecule has 1 aliphatic carbocycles. The van der Waals surface area contributed by atoms with Crippen LogP contribution >= 0.6 is 0 Å². The van der Waals surface area contributed by atoms with E-state index in [-0.39, 0.29) is 41.3 Å². The van der Waals surface area contributed by atoms with Crippen molar-refractivity contribution in [1.29, 1.82) is 0 Å². The maximum absolute atomic E-state index is 13.4. The molecule has 0 spiro atoms. The van der Waals surface area contributed by atoms with E-state index in [2.05, 4.69) is 0 Å². The summed E-state index contributed by atoms with van der Waals surface area (Å²) in [5.41, 5.74) is -2.14. The summed E-state index contributed by atoms with van der Waals surface area (Å²) in [7, 11) is 1.35. The molecule has 5 nitrogen and oxygen atoms in total. The number of hydrogen-bond acceptors (Lipinski definition) is 4. The normalized spacial score (nSPS) is 24.5. The lowest BCUT2D eigenvalue weighted by molar-refractivity contribution is -0.149. The number of hydrogen-bond donors (Lipinski definition) is 0. The van der Waals surface area contributed by atoms with Crippen molar-refractivity contribution in [2.24, 2.45) is 11.8 Å². The molecular formula is C30H33F6NO4. The van der Waals surface area contributed by atoms with Crippen molar-refractivity contribution in [3.8, 4) is 0 Å². The van der Waals surface area contributed by atoms with Gasteiger partial charge in [-0.2, -0.15) is 26.3 Å². The highest BCUT2D eigenvalue weighted by Gasteiger charge is 2.40. The van der Waals surface area contributed by atoms with Gasteiger partial charge in [-0.3, -0.25) is 9.59 Å². The molecule has 0 N–H and O–H groups in total. The zero-order chi connectivity index (χ0) is 29.9. The van der Waals surface area contributed by atoms with Crippen LogP contribution in [0.3, 0.4) is 0 Å². The first kappa shape index (κ1) is 30.9. The third kappa shape index (κ3) is 7.42. The molecule has 41 heavy (non-hydrogen) atoms. The van der Waals surface area contributed by atoms with Gasteiger partial charge in [-0.1, -0.05) is 30.3 Å². The van der Waals surface area contributed by atoms with Gasteiger partial charge in [0.1, 0.15) is 0 Å². The minimum atomic E-state index is -4.95. The Hall–Kier alpha value is -3.08. The highest BCUT2D eigenvalue weighted by molar-refractivity contribution is 5.80. The van der Waals surface area contributed by atoms with Crippen molar-refractivity contribution >= 4 is 11.9 Å². The Morgan fingerprint density at radius 3 is 1.95 bits per heavy atom. The minimum Gasteiger partial charge on any atom is -0.469 e. The second-order valence-electron chi connectivity index (χ2n) is 10.8. The van der Waals surface area contributed by atoms with Crippen LogP contribution in [-0.4, -0.2) is 43.1 Å². The average molecular weight is 586 g/mol. The molecule has 2 aromatic rings. The Balaban J connectivity index is 1.52. The summed E-state index contributed by atoms with van der Waals surface area (Å²) in [6.45, 7) is 2.08. The largest absolute Gasteiger partial charge is 0.469 e. The highest BCUT2D eigenvalue weighted by Crippen LogP contribution is 2.40. The molecule has 1 saturated carbocycles. The molecule has 0 aromatic heterocycles. The van der Waals surface area contributed by atoms with Crippen LogP contribution in [0.1, 0.15) is 73.3 Å². The summed E-state index contributed by atoms with van der Waals surface area (Å²) >= 11 is 0. The molecule has 2 fully saturated rings. The second kappa shape index (κ2) is 12.4. The maximum Gasteiger partial charge on any atom is 0.416 e. The van der Waals surface area contributed by atoms with Crippen molar-refractivity contribution in [2.45, 2.75) is 69.5 Å². The molecular weight excluding hydrogens is 552 g/mol. The Kier molecular flexibility index (Phi) is 9.35. The van der Waals surface area contributed by atoms with E-state index in [1.54, 1.807) is 4.90 Å². The summed E-state index contributed by atoms with van der Waals surface area (Å²) in [4.78, 5) is 27.1. The molecule has 0 radical (unpaired) electrons. The van der Waals surface area contributed by atoms with Gasteiger partial charge in [0, 0.05) is 24.9 Å². The van der Waals surface area contributed by atoms with Crippen LogP contribution in [-0.2, 0) is 31.4 Å². The van der Waals surface area contributed by atoms with Crippen molar-refractivity contribution in [3.05, 3.63) is 70.8 Å². The Labute approximate surface area is 234 Å². The summed E-state index contributed by atoms with van der Waals surface area (Å²) in [6, 6.07) is 10.7. The number of esters is 1. The lowest BCUT2D eigenvalue weighted by Gasteiger charge is -2.41. The molecule has 4 rings (SSSR count). The monoisotopic (exact) mass is 585 g/mol. The van der Waals surface area contributed by atoms with Gasteiger partial charge in [0.15, 0.2) is 0 Å². The maximum atomic E-state index is 13.4. The summed E-state index contributed by atoms with van der Waals surface area (Å²) in [6.07, 6.45) is -8.89. The van der Waals surface area contributed by atoms with Crippen LogP contribution < -0.4 is 0 Å². The first-order valence-electron chi connectivity index (χ1n) is 13.6. The van der Waals surface area contributed by atoms with E-state index in [1.807, 2.05) is 30.3 Å². The van der Waals surface area contributed by atoms with Gasteiger partial charge >= 0.3 is 18.3 Å². The summed E-state index contributed by atoms with van der Waals surface area (Å²) < 4.78 is 91.6. The number of piperidine rings is 1. The van der Waals surface area contributed by atoms with E-state index in [0.717, 1.165) is 5.56 Å². The number of benzene rings is 2. The van der Waals surface area contributed by atoms with Crippen molar-refractivity contribution in [1.82, 2.24) is 4.90 Å². The zero-order valence-electron chi connectivity index (χ0n) is 22.8. The first-order valence-corrected chi connectivity index (χ1v) is 13.6. The quantitative estimate of drug-likeness (QED) is 0.267. The molecule has 11 heteroatoms. The number of ether oxygens (including phenoxy) is 2. The van der Waals surface area contributed by atoms with Gasteiger partial charge in [-0.15, -0.1) is 0 Å². The van der Waals surface area contributed by atoms with Gasteiger partial charge in [0.25, 0.3) is 0 Å². The smallest absolute Gasteiger partial charge is 0.416 e. The predicted molar refractivity (Wildman–Crippen MR) is 138 cm³/mol. The number of halogens is 6. The van der Waals surface area contributed by atoms with E-state index in [4.69, 9.17) is 9.47 Å². The number of carbonyl (C=O) groups excluding carboxylic acids is 2. The van der Waals surface area contributed by atoms with Crippen LogP contribution in [0.4, 0.5) is 26.3 Å². The molecule has 224 valence electrons. The molecule has 1 heterocycles.